The van der Waals surface area contributed by atoms with Gasteiger partial charge in [0.05, 0.1) is 15.1 Å². The first kappa shape index (κ1) is 21.0. The molecule has 2 aromatic carbocycles. The zero-order chi connectivity index (χ0) is 21.5. The number of thiazole rings is 1. The summed E-state index contributed by atoms with van der Waals surface area (Å²) in [6.45, 7) is 2.76. The van der Waals surface area contributed by atoms with Crippen LogP contribution in [0.5, 0.6) is 0 Å². The van der Waals surface area contributed by atoms with E-state index in [1.54, 1.807) is 22.8 Å². The van der Waals surface area contributed by atoms with E-state index in [-0.39, 0.29) is 22.2 Å². The number of aromatic nitrogens is 1. The Bertz CT molecular complexity index is 1270. The van der Waals surface area contributed by atoms with Crippen molar-refractivity contribution in [3.63, 3.8) is 0 Å². The van der Waals surface area contributed by atoms with Gasteiger partial charge in [0, 0.05) is 23.8 Å². The Morgan fingerprint density at radius 3 is 2.67 bits per heavy atom. The lowest BCUT2D eigenvalue weighted by atomic mass is 10.2. The second-order valence-electron chi connectivity index (χ2n) is 7.01. The number of halogens is 1. The van der Waals surface area contributed by atoms with E-state index in [2.05, 4.69) is 5.32 Å². The molecule has 1 aliphatic heterocycles. The van der Waals surface area contributed by atoms with Gasteiger partial charge in [-0.25, -0.2) is 8.42 Å². The standard InChI is InChI=1S/C20H20ClN3O4S2/c1-2-23-16-10-7-14(12-18(16)29-20(23)26)22-19(25)17-4-3-11-24(17)30(27,28)15-8-5-13(21)6-9-15/h5-10,12,17H,2-4,11H2,1H3,(H,22,25). The van der Waals surface area contributed by atoms with E-state index in [0.29, 0.717) is 30.1 Å². The molecule has 3 aromatic rings. The zero-order valence-electron chi connectivity index (χ0n) is 16.2. The van der Waals surface area contributed by atoms with Crippen LogP contribution < -0.4 is 10.2 Å². The van der Waals surface area contributed by atoms with Gasteiger partial charge in [-0.2, -0.15) is 4.31 Å². The fourth-order valence-electron chi connectivity index (χ4n) is 3.70. The van der Waals surface area contributed by atoms with Crippen molar-refractivity contribution >= 4 is 54.8 Å². The molecule has 1 N–H and O–H groups in total. The number of fused-ring (bicyclic) bond motifs is 1. The number of nitrogens with zero attached hydrogens (tertiary/aromatic N) is 2. The van der Waals surface area contributed by atoms with Crippen LogP contribution in [0.25, 0.3) is 10.2 Å². The third kappa shape index (κ3) is 3.78. The van der Waals surface area contributed by atoms with Gasteiger partial charge in [0.15, 0.2) is 0 Å². The molecule has 0 spiro atoms. The summed E-state index contributed by atoms with van der Waals surface area (Å²) < 4.78 is 29.7. The highest BCUT2D eigenvalue weighted by Gasteiger charge is 2.39. The predicted octanol–water partition coefficient (Wildman–Crippen LogP) is 3.53. The van der Waals surface area contributed by atoms with Crippen LogP contribution in [-0.4, -0.2) is 35.8 Å². The molecule has 1 fully saturated rings. The van der Waals surface area contributed by atoms with Gasteiger partial charge in [-0.3, -0.25) is 14.2 Å². The van der Waals surface area contributed by atoms with Gasteiger partial charge in [-0.15, -0.1) is 0 Å². The molecule has 10 heteroatoms. The molecule has 1 unspecified atom stereocenters. The van der Waals surface area contributed by atoms with Crippen LogP contribution in [0.2, 0.25) is 5.02 Å². The smallest absolute Gasteiger partial charge is 0.308 e. The van der Waals surface area contributed by atoms with Crippen molar-refractivity contribution in [2.45, 2.75) is 37.2 Å². The second-order valence-corrected chi connectivity index (χ2v) is 10.3. The highest BCUT2D eigenvalue weighted by Crippen LogP contribution is 2.28. The lowest BCUT2D eigenvalue weighted by Crippen LogP contribution is -2.43. The molecule has 7 nitrogen and oxygen atoms in total. The number of hydrogen-bond acceptors (Lipinski definition) is 5. The summed E-state index contributed by atoms with van der Waals surface area (Å²) >= 11 is 6.98. The average molecular weight is 466 g/mol. The highest BCUT2D eigenvalue weighted by molar-refractivity contribution is 7.89. The van der Waals surface area contributed by atoms with Crippen LogP contribution >= 0.6 is 22.9 Å². The van der Waals surface area contributed by atoms with Gasteiger partial charge in [-0.05, 0) is 62.2 Å². The Kier molecular flexibility index (Phi) is 5.71. The third-order valence-electron chi connectivity index (χ3n) is 5.18. The Balaban J connectivity index is 1.57. The van der Waals surface area contributed by atoms with Gasteiger partial charge in [-0.1, -0.05) is 22.9 Å². The van der Waals surface area contributed by atoms with Crippen molar-refractivity contribution in [3.05, 3.63) is 57.2 Å². The van der Waals surface area contributed by atoms with Gasteiger partial charge < -0.3 is 5.32 Å². The second kappa shape index (κ2) is 8.14. The van der Waals surface area contributed by atoms with E-state index in [1.165, 1.54) is 28.6 Å². The number of carbonyl (C=O) groups excluding carboxylic acids is 1. The summed E-state index contributed by atoms with van der Waals surface area (Å²) in [6, 6.07) is 10.4. The van der Waals surface area contributed by atoms with E-state index < -0.39 is 16.1 Å². The van der Waals surface area contributed by atoms with E-state index in [1.807, 2.05) is 6.92 Å². The molecule has 0 radical (unpaired) electrons. The SMILES string of the molecule is CCn1c(=O)sc2cc(NC(=O)C3CCCN3S(=O)(=O)c3ccc(Cl)cc3)ccc21. The van der Waals surface area contributed by atoms with Gasteiger partial charge in [0.2, 0.25) is 15.9 Å². The molecule has 158 valence electrons. The van der Waals surface area contributed by atoms with Crippen LogP contribution in [0.15, 0.2) is 52.2 Å². The monoisotopic (exact) mass is 465 g/mol. The number of carbonyl (C=O) groups is 1. The highest BCUT2D eigenvalue weighted by atomic mass is 35.5. The Morgan fingerprint density at radius 2 is 1.97 bits per heavy atom. The molecule has 1 aliphatic rings. The summed E-state index contributed by atoms with van der Waals surface area (Å²) in [4.78, 5) is 25.0. The van der Waals surface area contributed by atoms with Crippen LogP contribution in [-0.2, 0) is 21.4 Å². The van der Waals surface area contributed by atoms with E-state index in [0.717, 1.165) is 21.6 Å². The van der Waals surface area contributed by atoms with Crippen molar-refractivity contribution in [1.82, 2.24) is 8.87 Å². The van der Waals surface area contributed by atoms with Gasteiger partial charge in [0.25, 0.3) is 0 Å². The van der Waals surface area contributed by atoms with E-state index >= 15 is 0 Å². The predicted molar refractivity (Wildman–Crippen MR) is 119 cm³/mol. The van der Waals surface area contributed by atoms with Crippen molar-refractivity contribution in [2.24, 2.45) is 0 Å². The van der Waals surface area contributed by atoms with Crippen molar-refractivity contribution in [1.29, 1.82) is 0 Å². The first-order chi connectivity index (χ1) is 14.3. The Labute approximate surface area is 182 Å². The zero-order valence-corrected chi connectivity index (χ0v) is 18.6. The van der Waals surface area contributed by atoms with E-state index in [9.17, 15) is 18.0 Å². The van der Waals surface area contributed by atoms with E-state index in [4.69, 9.17) is 11.6 Å². The third-order valence-corrected chi connectivity index (χ3v) is 8.29. The largest absolute Gasteiger partial charge is 0.325 e. The van der Waals surface area contributed by atoms with Crippen molar-refractivity contribution < 1.29 is 13.2 Å². The maximum Gasteiger partial charge on any atom is 0.308 e. The van der Waals surface area contributed by atoms with Crippen molar-refractivity contribution in [3.8, 4) is 0 Å². The Hall–Kier alpha value is -2.20. The summed E-state index contributed by atoms with van der Waals surface area (Å²) in [5.41, 5.74) is 1.35. The average Bonchev–Trinajstić information content (AvgIpc) is 3.32. The minimum Gasteiger partial charge on any atom is -0.325 e. The molecule has 2 heterocycles. The summed E-state index contributed by atoms with van der Waals surface area (Å²) in [6.07, 6.45) is 1.05. The minimum atomic E-state index is -3.81. The number of hydrogen-bond donors (Lipinski definition) is 1. The molecule has 0 saturated carbocycles. The van der Waals surface area contributed by atoms with Crippen LogP contribution in [0, 0.1) is 0 Å². The van der Waals surface area contributed by atoms with Crippen LogP contribution in [0.4, 0.5) is 5.69 Å². The van der Waals surface area contributed by atoms with Crippen molar-refractivity contribution in [2.75, 3.05) is 11.9 Å². The van der Waals surface area contributed by atoms with Crippen LogP contribution in [0.3, 0.4) is 0 Å². The fourth-order valence-corrected chi connectivity index (χ4v) is 6.48. The number of benzene rings is 2. The van der Waals surface area contributed by atoms with Gasteiger partial charge in [0.1, 0.15) is 6.04 Å². The molecule has 0 bridgehead atoms. The normalized spacial score (nSPS) is 17.5. The first-order valence-corrected chi connectivity index (χ1v) is 12.2. The fraction of sp³-hybridized carbons (Fsp3) is 0.300. The molecule has 0 aliphatic carbocycles. The lowest BCUT2D eigenvalue weighted by molar-refractivity contribution is -0.119. The summed E-state index contributed by atoms with van der Waals surface area (Å²) in [5.74, 6) is -0.383. The summed E-state index contributed by atoms with van der Waals surface area (Å²) in [7, 11) is -3.81. The number of aryl methyl sites for hydroxylation is 1. The number of sulfonamides is 1. The molecule has 1 saturated heterocycles. The number of rotatable bonds is 5. The molecule has 1 aromatic heterocycles. The molecule has 1 amide bonds. The molecule has 1 atom stereocenters. The summed E-state index contributed by atoms with van der Waals surface area (Å²) in [5, 5.41) is 3.26. The first-order valence-electron chi connectivity index (χ1n) is 9.53. The van der Waals surface area contributed by atoms with Gasteiger partial charge >= 0.3 is 4.87 Å². The molecule has 4 rings (SSSR count). The number of amides is 1. The molecular weight excluding hydrogens is 446 g/mol. The Morgan fingerprint density at radius 1 is 1.23 bits per heavy atom. The molecular formula is C20H20ClN3O4S2. The maximum atomic E-state index is 13.0. The maximum absolute atomic E-state index is 13.0. The number of anilines is 1. The quantitative estimate of drug-likeness (QED) is 0.624. The molecule has 30 heavy (non-hydrogen) atoms. The lowest BCUT2D eigenvalue weighted by Gasteiger charge is -2.23. The number of nitrogens with one attached hydrogen (secondary N) is 1. The van der Waals surface area contributed by atoms with Crippen LogP contribution in [0.1, 0.15) is 19.8 Å². The minimum absolute atomic E-state index is 0.0491. The topological polar surface area (TPSA) is 88.5 Å².